The van der Waals surface area contributed by atoms with Crippen LogP contribution < -0.4 is 14.8 Å². The molecule has 2 heterocycles. The molecule has 0 aliphatic carbocycles. The molecule has 1 aliphatic heterocycles. The summed E-state index contributed by atoms with van der Waals surface area (Å²) in [5, 5.41) is 13.7. The monoisotopic (exact) mass is 397 g/mol. The largest absolute Gasteiger partial charge is 0.478 e. The number of benzene rings is 2. The fourth-order valence-electron chi connectivity index (χ4n) is 2.81. The van der Waals surface area contributed by atoms with E-state index in [0.717, 1.165) is 16.7 Å². The summed E-state index contributed by atoms with van der Waals surface area (Å²) in [7, 11) is 0. The van der Waals surface area contributed by atoms with Crippen LogP contribution in [0.15, 0.2) is 42.0 Å². The topological polar surface area (TPSA) is 93.6 Å². The maximum absolute atomic E-state index is 11.1. The van der Waals surface area contributed by atoms with Crippen LogP contribution in [0, 0.1) is 0 Å². The molecule has 0 spiro atoms. The Morgan fingerprint density at radius 1 is 1.21 bits per heavy atom. The van der Waals surface area contributed by atoms with Crippen LogP contribution in [0.3, 0.4) is 0 Å². The first-order chi connectivity index (χ1) is 13.5. The number of aromatic nitrogens is 2. The summed E-state index contributed by atoms with van der Waals surface area (Å²) in [4.78, 5) is 20.0. The molecule has 0 radical (unpaired) electrons. The number of fused-ring (bicyclic) bond motifs is 2. The molecule has 0 atom stereocenters. The summed E-state index contributed by atoms with van der Waals surface area (Å²) in [6, 6.07) is 11.0. The van der Waals surface area contributed by atoms with Gasteiger partial charge in [-0.1, -0.05) is 17.7 Å². The first kappa shape index (κ1) is 18.1. The molecule has 0 bridgehead atoms. The molecule has 4 rings (SSSR count). The maximum Gasteiger partial charge on any atom is 0.331 e. The van der Waals surface area contributed by atoms with Gasteiger partial charge < -0.3 is 19.9 Å². The number of aliphatic carboxylic acids is 1. The number of rotatable bonds is 5. The van der Waals surface area contributed by atoms with Crippen molar-refractivity contribution in [3.63, 3.8) is 0 Å². The van der Waals surface area contributed by atoms with Gasteiger partial charge in [0.1, 0.15) is 5.82 Å². The van der Waals surface area contributed by atoms with Gasteiger partial charge in [-0.05, 0) is 48.9 Å². The van der Waals surface area contributed by atoms with Crippen LogP contribution in [0.25, 0.3) is 17.0 Å². The molecule has 2 N–H and O–H groups in total. The van der Waals surface area contributed by atoms with E-state index >= 15 is 0 Å². The number of carboxylic acids is 1. The molecular weight excluding hydrogens is 382 g/mol. The van der Waals surface area contributed by atoms with Gasteiger partial charge in [0.2, 0.25) is 6.79 Å². The van der Waals surface area contributed by atoms with Crippen LogP contribution in [-0.4, -0.2) is 27.8 Å². The van der Waals surface area contributed by atoms with Gasteiger partial charge in [-0.15, -0.1) is 0 Å². The molecule has 3 aromatic rings. The highest BCUT2D eigenvalue weighted by atomic mass is 35.5. The summed E-state index contributed by atoms with van der Waals surface area (Å²) >= 11 is 6.13. The van der Waals surface area contributed by atoms with Crippen LogP contribution in [0.5, 0.6) is 11.5 Å². The SMILES string of the molecule is C/C(=C\c1nc(NCc2ccc3c(c2)OCO3)c2cc(Cl)ccc2n1)C(=O)O. The highest BCUT2D eigenvalue weighted by molar-refractivity contribution is 6.31. The average Bonchev–Trinajstić information content (AvgIpc) is 3.14. The molecule has 1 aliphatic rings. The van der Waals surface area contributed by atoms with E-state index in [-0.39, 0.29) is 12.4 Å². The van der Waals surface area contributed by atoms with Crippen molar-refractivity contribution in [3.05, 3.63) is 58.4 Å². The second kappa shape index (κ2) is 7.36. The van der Waals surface area contributed by atoms with Gasteiger partial charge in [0.05, 0.1) is 5.52 Å². The minimum Gasteiger partial charge on any atom is -0.478 e. The van der Waals surface area contributed by atoms with Crippen molar-refractivity contribution in [3.8, 4) is 11.5 Å². The first-order valence-electron chi connectivity index (χ1n) is 8.51. The van der Waals surface area contributed by atoms with Crippen molar-refractivity contribution in [2.75, 3.05) is 12.1 Å². The molecule has 0 fully saturated rings. The van der Waals surface area contributed by atoms with Gasteiger partial charge in [0.25, 0.3) is 0 Å². The minimum absolute atomic E-state index is 0.148. The Kier molecular flexibility index (Phi) is 4.75. The zero-order valence-electron chi connectivity index (χ0n) is 14.9. The lowest BCUT2D eigenvalue weighted by atomic mass is 10.2. The van der Waals surface area contributed by atoms with Crippen molar-refractivity contribution in [1.29, 1.82) is 0 Å². The van der Waals surface area contributed by atoms with E-state index in [1.54, 1.807) is 18.2 Å². The predicted octanol–water partition coefficient (Wildman–Crippen LogP) is 4.11. The van der Waals surface area contributed by atoms with E-state index in [2.05, 4.69) is 15.3 Å². The van der Waals surface area contributed by atoms with Crippen LogP contribution in [-0.2, 0) is 11.3 Å². The summed E-state index contributed by atoms with van der Waals surface area (Å²) < 4.78 is 10.7. The van der Waals surface area contributed by atoms with E-state index in [1.807, 2.05) is 18.2 Å². The molecule has 1 aromatic heterocycles. The summed E-state index contributed by atoms with van der Waals surface area (Å²) in [6.07, 6.45) is 1.43. The standard InChI is InChI=1S/C20H16ClN3O4/c1-11(20(25)26)6-18-23-15-4-3-13(21)8-14(15)19(24-18)22-9-12-2-5-16-17(7-12)28-10-27-16/h2-8H,9-10H2,1H3,(H,25,26)(H,22,23,24)/b11-6+. The summed E-state index contributed by atoms with van der Waals surface area (Å²) in [6.45, 7) is 2.20. The van der Waals surface area contributed by atoms with Crippen molar-refractivity contribution in [2.45, 2.75) is 13.5 Å². The van der Waals surface area contributed by atoms with Crippen LogP contribution in [0.4, 0.5) is 5.82 Å². The molecule has 0 amide bonds. The fourth-order valence-corrected chi connectivity index (χ4v) is 2.98. The normalized spacial score (nSPS) is 13.0. The molecule has 8 heteroatoms. The maximum atomic E-state index is 11.1. The molecule has 7 nitrogen and oxygen atoms in total. The van der Waals surface area contributed by atoms with Gasteiger partial charge in [0.15, 0.2) is 17.3 Å². The van der Waals surface area contributed by atoms with Crippen LogP contribution in [0.1, 0.15) is 18.3 Å². The van der Waals surface area contributed by atoms with Gasteiger partial charge in [-0.25, -0.2) is 14.8 Å². The number of carboxylic acid groups (broad SMARTS) is 1. The van der Waals surface area contributed by atoms with Crippen LogP contribution >= 0.6 is 11.6 Å². The Labute approximate surface area is 165 Å². The summed E-state index contributed by atoms with van der Waals surface area (Å²) in [5.74, 6) is 1.28. The molecular formula is C20H16ClN3O4. The highest BCUT2D eigenvalue weighted by Crippen LogP contribution is 2.33. The Morgan fingerprint density at radius 3 is 2.86 bits per heavy atom. The lowest BCUT2D eigenvalue weighted by molar-refractivity contribution is -0.132. The average molecular weight is 398 g/mol. The minimum atomic E-state index is -1.02. The van der Waals surface area contributed by atoms with Crippen molar-refractivity contribution in [2.24, 2.45) is 0 Å². The third kappa shape index (κ3) is 3.70. The Balaban J connectivity index is 1.68. The predicted molar refractivity (Wildman–Crippen MR) is 106 cm³/mol. The van der Waals surface area contributed by atoms with Crippen LogP contribution in [0.2, 0.25) is 5.02 Å². The lowest BCUT2D eigenvalue weighted by Crippen LogP contribution is -2.05. The van der Waals surface area contributed by atoms with E-state index < -0.39 is 5.97 Å². The number of hydrogen-bond acceptors (Lipinski definition) is 6. The molecule has 0 saturated carbocycles. The van der Waals surface area contributed by atoms with E-state index in [1.165, 1.54) is 13.0 Å². The number of anilines is 1. The second-order valence-corrected chi connectivity index (χ2v) is 6.70. The van der Waals surface area contributed by atoms with Gasteiger partial charge >= 0.3 is 5.97 Å². The van der Waals surface area contributed by atoms with Gasteiger partial charge in [-0.2, -0.15) is 0 Å². The quantitative estimate of drug-likeness (QED) is 0.625. The zero-order valence-corrected chi connectivity index (χ0v) is 15.7. The van der Waals surface area contributed by atoms with Gasteiger partial charge in [-0.3, -0.25) is 0 Å². The van der Waals surface area contributed by atoms with Crippen molar-refractivity contribution < 1.29 is 19.4 Å². The number of ether oxygens (including phenoxy) is 2. The molecule has 0 unspecified atom stereocenters. The smallest absolute Gasteiger partial charge is 0.331 e. The Bertz CT molecular complexity index is 1110. The number of carbonyl (C=O) groups is 1. The second-order valence-electron chi connectivity index (χ2n) is 6.27. The van der Waals surface area contributed by atoms with Crippen molar-refractivity contribution in [1.82, 2.24) is 9.97 Å². The van der Waals surface area contributed by atoms with E-state index in [0.29, 0.717) is 34.5 Å². The fraction of sp³-hybridized carbons (Fsp3) is 0.150. The first-order valence-corrected chi connectivity index (χ1v) is 8.89. The molecule has 0 saturated heterocycles. The molecule has 142 valence electrons. The number of halogens is 1. The zero-order chi connectivity index (χ0) is 19.7. The highest BCUT2D eigenvalue weighted by Gasteiger charge is 2.14. The number of nitrogens with zero attached hydrogens (tertiary/aromatic N) is 2. The van der Waals surface area contributed by atoms with E-state index in [9.17, 15) is 4.79 Å². The molecule has 28 heavy (non-hydrogen) atoms. The third-order valence-corrected chi connectivity index (χ3v) is 4.49. The molecule has 2 aromatic carbocycles. The number of nitrogens with one attached hydrogen (secondary N) is 1. The summed E-state index contributed by atoms with van der Waals surface area (Å²) in [5.41, 5.74) is 1.80. The Hall–Kier alpha value is -3.32. The van der Waals surface area contributed by atoms with Gasteiger partial charge in [0, 0.05) is 22.5 Å². The van der Waals surface area contributed by atoms with E-state index in [4.69, 9.17) is 26.2 Å². The third-order valence-electron chi connectivity index (χ3n) is 4.25. The lowest BCUT2D eigenvalue weighted by Gasteiger charge is -2.11. The number of hydrogen-bond donors (Lipinski definition) is 2. The Morgan fingerprint density at radius 2 is 2.04 bits per heavy atom. The van der Waals surface area contributed by atoms with Crippen molar-refractivity contribution >= 4 is 40.4 Å².